The van der Waals surface area contributed by atoms with Gasteiger partial charge in [-0.25, -0.2) is 4.39 Å². The zero-order valence-electron chi connectivity index (χ0n) is 7.14. The van der Waals surface area contributed by atoms with Crippen molar-refractivity contribution in [1.82, 2.24) is 0 Å². The molecule has 1 atom stereocenters. The third-order valence-electron chi connectivity index (χ3n) is 2.28. The maximum Gasteiger partial charge on any atom is 0.172 e. The van der Waals surface area contributed by atoms with Gasteiger partial charge in [-0.1, -0.05) is 17.2 Å². The lowest BCUT2D eigenvalue weighted by Gasteiger charge is -1.96. The Morgan fingerprint density at radius 1 is 1.57 bits per heavy atom. The van der Waals surface area contributed by atoms with Crippen molar-refractivity contribution >= 4 is 5.78 Å². The molecule has 0 radical (unpaired) electrons. The van der Waals surface area contributed by atoms with Gasteiger partial charge in [-0.3, -0.25) is 4.79 Å². The SMILES string of the molecule is [N-]=[N+]=NC1Cc2c(F)cccc2C1=O. The van der Waals surface area contributed by atoms with Gasteiger partial charge in [0, 0.05) is 10.5 Å². The van der Waals surface area contributed by atoms with Crippen LogP contribution < -0.4 is 0 Å². The summed E-state index contributed by atoms with van der Waals surface area (Å²) >= 11 is 0. The first kappa shape index (κ1) is 8.72. The van der Waals surface area contributed by atoms with Crippen LogP contribution in [-0.2, 0) is 6.42 Å². The van der Waals surface area contributed by atoms with Gasteiger partial charge in [-0.2, -0.15) is 0 Å². The summed E-state index contributed by atoms with van der Waals surface area (Å²) in [7, 11) is 0. The van der Waals surface area contributed by atoms with Crippen LogP contribution in [0.2, 0.25) is 0 Å². The summed E-state index contributed by atoms with van der Waals surface area (Å²) in [5.74, 6) is -0.705. The molecule has 70 valence electrons. The monoisotopic (exact) mass is 191 g/mol. The van der Waals surface area contributed by atoms with Crippen molar-refractivity contribution < 1.29 is 9.18 Å². The Balaban J connectivity index is 2.50. The van der Waals surface area contributed by atoms with E-state index in [0.29, 0.717) is 11.1 Å². The van der Waals surface area contributed by atoms with Gasteiger partial charge in [-0.15, -0.1) is 0 Å². The highest BCUT2D eigenvalue weighted by molar-refractivity contribution is 6.04. The molecule has 14 heavy (non-hydrogen) atoms. The first-order valence-corrected chi connectivity index (χ1v) is 4.10. The van der Waals surface area contributed by atoms with Crippen LogP contribution in [0.3, 0.4) is 0 Å². The average Bonchev–Trinajstić information content (AvgIpc) is 2.48. The lowest BCUT2D eigenvalue weighted by Crippen LogP contribution is -2.11. The Bertz CT molecular complexity index is 451. The highest BCUT2D eigenvalue weighted by Crippen LogP contribution is 2.26. The summed E-state index contributed by atoms with van der Waals surface area (Å²) in [5.41, 5.74) is 8.90. The summed E-state index contributed by atoms with van der Waals surface area (Å²) in [6.07, 6.45) is 0.172. The van der Waals surface area contributed by atoms with Gasteiger partial charge < -0.3 is 0 Å². The van der Waals surface area contributed by atoms with Crippen molar-refractivity contribution in [3.05, 3.63) is 45.6 Å². The van der Waals surface area contributed by atoms with Crippen LogP contribution in [0.4, 0.5) is 4.39 Å². The molecule has 0 saturated heterocycles. The molecule has 4 nitrogen and oxygen atoms in total. The number of Topliss-reactive ketones (excluding diaryl/α,β-unsaturated/α-hetero) is 1. The first-order chi connectivity index (χ1) is 6.74. The van der Waals surface area contributed by atoms with E-state index in [1.807, 2.05) is 0 Å². The fourth-order valence-electron chi connectivity index (χ4n) is 1.62. The van der Waals surface area contributed by atoms with E-state index in [4.69, 9.17) is 5.53 Å². The summed E-state index contributed by atoms with van der Waals surface area (Å²) < 4.78 is 13.2. The largest absolute Gasteiger partial charge is 0.294 e. The third-order valence-corrected chi connectivity index (χ3v) is 2.28. The Hall–Kier alpha value is -1.87. The lowest BCUT2D eigenvalue weighted by molar-refractivity contribution is 0.0975. The van der Waals surface area contributed by atoms with Crippen molar-refractivity contribution in [2.75, 3.05) is 0 Å². The van der Waals surface area contributed by atoms with E-state index < -0.39 is 11.9 Å². The summed E-state index contributed by atoms with van der Waals surface area (Å²) in [6, 6.07) is 3.55. The molecule has 0 aliphatic heterocycles. The number of halogens is 1. The van der Waals surface area contributed by atoms with Crippen LogP contribution in [0.1, 0.15) is 15.9 Å². The minimum atomic E-state index is -0.771. The molecular formula is C9H6FN3O. The van der Waals surface area contributed by atoms with Crippen molar-refractivity contribution in [2.24, 2.45) is 5.11 Å². The summed E-state index contributed by atoms with van der Waals surface area (Å²) in [5, 5.41) is 3.32. The minimum absolute atomic E-state index is 0.172. The topological polar surface area (TPSA) is 65.8 Å². The molecule has 0 N–H and O–H groups in total. The molecule has 1 aromatic rings. The van der Waals surface area contributed by atoms with Gasteiger partial charge in [0.25, 0.3) is 0 Å². The molecule has 0 fully saturated rings. The van der Waals surface area contributed by atoms with Crippen LogP contribution in [-0.4, -0.2) is 11.8 Å². The molecule has 0 amide bonds. The number of azide groups is 1. The Morgan fingerprint density at radius 3 is 3.00 bits per heavy atom. The van der Waals surface area contributed by atoms with E-state index in [1.165, 1.54) is 12.1 Å². The van der Waals surface area contributed by atoms with E-state index in [1.54, 1.807) is 6.07 Å². The van der Waals surface area contributed by atoms with Gasteiger partial charge in [0.2, 0.25) is 0 Å². The van der Waals surface area contributed by atoms with Crippen LogP contribution in [0, 0.1) is 5.82 Å². The molecule has 0 heterocycles. The van der Waals surface area contributed by atoms with Crippen LogP contribution in [0.5, 0.6) is 0 Å². The van der Waals surface area contributed by atoms with E-state index in [2.05, 4.69) is 10.0 Å². The predicted octanol–water partition coefficient (Wildman–Crippen LogP) is 2.24. The van der Waals surface area contributed by atoms with Crippen molar-refractivity contribution in [3.8, 4) is 0 Å². The Labute approximate surface area is 79.0 Å². The van der Waals surface area contributed by atoms with E-state index >= 15 is 0 Å². The van der Waals surface area contributed by atoms with Crippen molar-refractivity contribution in [3.63, 3.8) is 0 Å². The lowest BCUT2D eigenvalue weighted by atomic mass is 10.1. The molecule has 5 heteroatoms. The second-order valence-electron chi connectivity index (χ2n) is 3.06. The van der Waals surface area contributed by atoms with Crippen LogP contribution in [0.15, 0.2) is 23.3 Å². The highest BCUT2D eigenvalue weighted by atomic mass is 19.1. The average molecular weight is 191 g/mol. The summed E-state index contributed by atoms with van der Waals surface area (Å²) in [6.45, 7) is 0. The fraction of sp³-hybridized carbons (Fsp3) is 0.222. The molecule has 1 aliphatic rings. The number of fused-ring (bicyclic) bond motifs is 1. The Morgan fingerprint density at radius 2 is 2.36 bits per heavy atom. The van der Waals surface area contributed by atoms with Crippen LogP contribution >= 0.6 is 0 Å². The van der Waals surface area contributed by atoms with Crippen molar-refractivity contribution in [2.45, 2.75) is 12.5 Å². The molecule has 0 spiro atoms. The second-order valence-corrected chi connectivity index (χ2v) is 3.06. The van der Waals surface area contributed by atoms with Gasteiger partial charge in [0.05, 0.1) is 0 Å². The normalized spacial score (nSPS) is 18.9. The predicted molar refractivity (Wildman–Crippen MR) is 47.4 cm³/mol. The van der Waals surface area contributed by atoms with Crippen molar-refractivity contribution in [1.29, 1.82) is 0 Å². The van der Waals surface area contributed by atoms with Gasteiger partial charge in [0.15, 0.2) is 5.78 Å². The summed E-state index contributed by atoms with van der Waals surface area (Å²) in [4.78, 5) is 14.1. The maximum absolute atomic E-state index is 13.2. The van der Waals surface area contributed by atoms with Gasteiger partial charge >= 0.3 is 0 Å². The number of carbonyl (C=O) groups is 1. The van der Waals surface area contributed by atoms with E-state index in [-0.39, 0.29) is 12.2 Å². The zero-order valence-corrected chi connectivity index (χ0v) is 7.14. The molecule has 0 saturated carbocycles. The van der Waals surface area contributed by atoms with Gasteiger partial charge in [0.1, 0.15) is 11.9 Å². The third kappa shape index (κ3) is 1.15. The molecule has 1 unspecified atom stereocenters. The Kier molecular flexibility index (Phi) is 1.94. The number of hydrogen-bond acceptors (Lipinski definition) is 2. The van der Waals surface area contributed by atoms with Gasteiger partial charge in [-0.05, 0) is 23.6 Å². The highest BCUT2D eigenvalue weighted by Gasteiger charge is 2.31. The number of carbonyl (C=O) groups excluding carboxylic acids is 1. The van der Waals surface area contributed by atoms with E-state index in [9.17, 15) is 9.18 Å². The smallest absolute Gasteiger partial charge is 0.172 e. The molecule has 2 rings (SSSR count). The molecule has 1 aromatic carbocycles. The number of benzene rings is 1. The quantitative estimate of drug-likeness (QED) is 0.381. The number of rotatable bonds is 1. The first-order valence-electron chi connectivity index (χ1n) is 4.10. The fourth-order valence-corrected chi connectivity index (χ4v) is 1.62. The minimum Gasteiger partial charge on any atom is -0.294 e. The standard InChI is InChI=1S/C9H6FN3O/c10-7-3-1-2-5-6(7)4-8(9(5)14)12-13-11/h1-3,8H,4H2. The number of ketones is 1. The number of nitrogens with zero attached hydrogens (tertiary/aromatic N) is 3. The zero-order chi connectivity index (χ0) is 10.1. The molecule has 1 aliphatic carbocycles. The molecular weight excluding hydrogens is 185 g/mol. The number of hydrogen-bond donors (Lipinski definition) is 0. The molecule has 0 aromatic heterocycles. The molecule has 0 bridgehead atoms. The second kappa shape index (κ2) is 3.12. The maximum atomic E-state index is 13.2. The van der Waals surface area contributed by atoms with Crippen LogP contribution in [0.25, 0.3) is 10.4 Å². The van der Waals surface area contributed by atoms with E-state index in [0.717, 1.165) is 0 Å².